The summed E-state index contributed by atoms with van der Waals surface area (Å²) in [5, 5.41) is 12.8. The zero-order valence-electron chi connectivity index (χ0n) is 11.5. The topological polar surface area (TPSA) is 49.3 Å². The van der Waals surface area contributed by atoms with Gasteiger partial charge in [0, 0.05) is 10.9 Å². The van der Waals surface area contributed by atoms with E-state index in [1.165, 1.54) is 19.3 Å². The van der Waals surface area contributed by atoms with Gasteiger partial charge in [0.1, 0.15) is 0 Å². The summed E-state index contributed by atoms with van der Waals surface area (Å²) in [6.07, 6.45) is 3.80. The summed E-state index contributed by atoms with van der Waals surface area (Å²) in [6, 6.07) is 6.03. The van der Waals surface area contributed by atoms with Gasteiger partial charge in [-0.05, 0) is 43.6 Å². The van der Waals surface area contributed by atoms with E-state index in [0.717, 1.165) is 16.3 Å². The maximum absolute atomic E-state index is 11.5. The third-order valence-corrected chi connectivity index (χ3v) is 4.72. The molecule has 0 bridgehead atoms. The molecule has 4 heteroatoms. The fourth-order valence-electron chi connectivity index (χ4n) is 2.45. The first-order valence-electron chi connectivity index (χ1n) is 6.89. The summed E-state index contributed by atoms with van der Waals surface area (Å²) in [7, 11) is 0. The molecule has 0 radical (unpaired) electrons. The number of aromatic carboxylic acids is 1. The van der Waals surface area contributed by atoms with Crippen LogP contribution in [0.2, 0.25) is 0 Å². The molecule has 1 unspecified atom stereocenters. The van der Waals surface area contributed by atoms with Gasteiger partial charge in [-0.25, -0.2) is 4.79 Å². The van der Waals surface area contributed by atoms with Gasteiger partial charge >= 0.3 is 5.97 Å². The SMILES string of the molecule is CCSc1cccc(NC(C)C2CCC2)c1C(=O)O. The summed E-state index contributed by atoms with van der Waals surface area (Å²) in [5.74, 6) is 0.714. The lowest BCUT2D eigenvalue weighted by Crippen LogP contribution is -2.31. The van der Waals surface area contributed by atoms with Crippen LogP contribution in [0.4, 0.5) is 5.69 Å². The molecule has 2 N–H and O–H groups in total. The van der Waals surface area contributed by atoms with Gasteiger partial charge in [0.15, 0.2) is 0 Å². The molecule has 0 spiro atoms. The van der Waals surface area contributed by atoms with Gasteiger partial charge in [0.2, 0.25) is 0 Å². The first kappa shape index (κ1) is 14.3. The number of rotatable bonds is 6. The van der Waals surface area contributed by atoms with Crippen molar-refractivity contribution < 1.29 is 9.90 Å². The van der Waals surface area contributed by atoms with E-state index in [1.807, 2.05) is 25.1 Å². The second kappa shape index (κ2) is 6.33. The van der Waals surface area contributed by atoms with Crippen LogP contribution in [0.25, 0.3) is 0 Å². The van der Waals surface area contributed by atoms with Crippen molar-refractivity contribution in [2.45, 2.75) is 44.0 Å². The standard InChI is InChI=1S/C15H21NO2S/c1-3-19-13-9-5-8-12(14(13)15(17)18)16-10(2)11-6-4-7-11/h5,8-11,16H,3-4,6-7H2,1-2H3,(H,17,18). The molecular weight excluding hydrogens is 258 g/mol. The van der Waals surface area contributed by atoms with Crippen LogP contribution < -0.4 is 5.32 Å². The number of nitrogens with one attached hydrogen (secondary N) is 1. The van der Waals surface area contributed by atoms with E-state index < -0.39 is 5.97 Å². The molecule has 1 saturated carbocycles. The van der Waals surface area contributed by atoms with Crippen LogP contribution in [0.5, 0.6) is 0 Å². The van der Waals surface area contributed by atoms with E-state index in [-0.39, 0.29) is 0 Å². The van der Waals surface area contributed by atoms with Crippen molar-refractivity contribution in [3.63, 3.8) is 0 Å². The lowest BCUT2D eigenvalue weighted by Gasteiger charge is -2.33. The number of benzene rings is 1. The molecule has 1 atom stereocenters. The van der Waals surface area contributed by atoms with Crippen LogP contribution in [0.1, 0.15) is 43.5 Å². The average molecular weight is 279 g/mol. The minimum Gasteiger partial charge on any atom is -0.478 e. The van der Waals surface area contributed by atoms with Crippen molar-refractivity contribution in [1.29, 1.82) is 0 Å². The molecule has 3 nitrogen and oxygen atoms in total. The number of hydrogen-bond acceptors (Lipinski definition) is 3. The Balaban J connectivity index is 2.22. The third kappa shape index (κ3) is 3.24. The van der Waals surface area contributed by atoms with Crippen molar-refractivity contribution in [2.24, 2.45) is 5.92 Å². The second-order valence-electron chi connectivity index (χ2n) is 5.04. The number of carboxylic acid groups (broad SMARTS) is 1. The van der Waals surface area contributed by atoms with E-state index in [1.54, 1.807) is 11.8 Å². The number of hydrogen-bond donors (Lipinski definition) is 2. The van der Waals surface area contributed by atoms with Crippen LogP contribution in [-0.2, 0) is 0 Å². The van der Waals surface area contributed by atoms with E-state index in [9.17, 15) is 9.90 Å². The van der Waals surface area contributed by atoms with Gasteiger partial charge in [0.05, 0.1) is 11.3 Å². The van der Waals surface area contributed by atoms with Gasteiger partial charge in [-0.15, -0.1) is 11.8 Å². The van der Waals surface area contributed by atoms with Crippen molar-refractivity contribution in [3.8, 4) is 0 Å². The predicted octanol–water partition coefficient (Wildman–Crippen LogP) is 4.10. The Kier molecular flexibility index (Phi) is 4.75. The monoisotopic (exact) mass is 279 g/mol. The minimum absolute atomic E-state index is 0.341. The van der Waals surface area contributed by atoms with Crippen LogP contribution in [0.15, 0.2) is 23.1 Å². The number of carboxylic acids is 1. The molecule has 19 heavy (non-hydrogen) atoms. The van der Waals surface area contributed by atoms with Gasteiger partial charge in [-0.2, -0.15) is 0 Å². The van der Waals surface area contributed by atoms with Crippen molar-refractivity contribution in [2.75, 3.05) is 11.1 Å². The summed E-state index contributed by atoms with van der Waals surface area (Å²) >= 11 is 1.58. The highest BCUT2D eigenvalue weighted by Gasteiger charge is 2.25. The Morgan fingerprint density at radius 3 is 2.79 bits per heavy atom. The Bertz CT molecular complexity index is 457. The number of thioether (sulfide) groups is 1. The molecular formula is C15H21NO2S. The quantitative estimate of drug-likeness (QED) is 0.770. The van der Waals surface area contributed by atoms with Crippen LogP contribution >= 0.6 is 11.8 Å². The molecule has 0 saturated heterocycles. The van der Waals surface area contributed by atoms with Gasteiger partial charge in [-0.1, -0.05) is 19.4 Å². The van der Waals surface area contributed by atoms with E-state index in [4.69, 9.17) is 0 Å². The number of carbonyl (C=O) groups is 1. The molecule has 1 aromatic rings. The minimum atomic E-state index is -0.847. The highest BCUT2D eigenvalue weighted by molar-refractivity contribution is 7.99. The summed E-state index contributed by atoms with van der Waals surface area (Å²) in [4.78, 5) is 12.3. The molecule has 0 aromatic heterocycles. The van der Waals surface area contributed by atoms with E-state index in [2.05, 4.69) is 12.2 Å². The average Bonchev–Trinajstić information content (AvgIpc) is 2.26. The highest BCUT2D eigenvalue weighted by Crippen LogP contribution is 2.33. The van der Waals surface area contributed by atoms with Gasteiger partial charge in [-0.3, -0.25) is 0 Å². The van der Waals surface area contributed by atoms with Crippen LogP contribution in [0, 0.1) is 5.92 Å². The van der Waals surface area contributed by atoms with Crippen molar-refractivity contribution in [3.05, 3.63) is 23.8 Å². The zero-order valence-corrected chi connectivity index (χ0v) is 12.3. The zero-order chi connectivity index (χ0) is 13.8. The van der Waals surface area contributed by atoms with Crippen LogP contribution in [0.3, 0.4) is 0 Å². The maximum atomic E-state index is 11.5. The molecule has 1 fully saturated rings. The Labute approximate surface area is 118 Å². The van der Waals surface area contributed by atoms with Crippen molar-refractivity contribution in [1.82, 2.24) is 0 Å². The maximum Gasteiger partial charge on any atom is 0.338 e. The molecule has 0 aliphatic heterocycles. The highest BCUT2D eigenvalue weighted by atomic mass is 32.2. The first-order chi connectivity index (χ1) is 9.13. The molecule has 2 rings (SSSR count). The molecule has 1 aliphatic rings. The summed E-state index contributed by atoms with van der Waals surface area (Å²) in [5.41, 5.74) is 1.17. The summed E-state index contributed by atoms with van der Waals surface area (Å²) < 4.78 is 0. The largest absolute Gasteiger partial charge is 0.478 e. The second-order valence-corrected chi connectivity index (χ2v) is 6.35. The molecule has 0 heterocycles. The smallest absolute Gasteiger partial charge is 0.338 e. The van der Waals surface area contributed by atoms with Gasteiger partial charge < -0.3 is 10.4 Å². The van der Waals surface area contributed by atoms with Gasteiger partial charge in [0.25, 0.3) is 0 Å². The molecule has 1 aromatic carbocycles. The lowest BCUT2D eigenvalue weighted by molar-refractivity contribution is 0.0694. The van der Waals surface area contributed by atoms with E-state index in [0.29, 0.717) is 17.5 Å². The predicted molar refractivity (Wildman–Crippen MR) is 80.2 cm³/mol. The molecule has 104 valence electrons. The Morgan fingerprint density at radius 1 is 1.53 bits per heavy atom. The molecule has 1 aliphatic carbocycles. The molecule has 0 amide bonds. The van der Waals surface area contributed by atoms with Crippen LogP contribution in [-0.4, -0.2) is 22.9 Å². The Hall–Kier alpha value is -1.16. The van der Waals surface area contributed by atoms with E-state index >= 15 is 0 Å². The Morgan fingerprint density at radius 2 is 2.26 bits per heavy atom. The fourth-order valence-corrected chi connectivity index (χ4v) is 3.28. The first-order valence-corrected chi connectivity index (χ1v) is 7.87. The number of anilines is 1. The fraction of sp³-hybridized carbons (Fsp3) is 0.533. The third-order valence-electron chi connectivity index (χ3n) is 3.78. The normalized spacial score (nSPS) is 16.7. The van der Waals surface area contributed by atoms with Crippen molar-refractivity contribution >= 4 is 23.4 Å². The summed E-state index contributed by atoms with van der Waals surface area (Å²) in [6.45, 7) is 4.18. The lowest BCUT2D eigenvalue weighted by atomic mass is 9.80.